The monoisotopic (exact) mass is 426 g/mol. The highest BCUT2D eigenvalue weighted by Crippen LogP contribution is 2.28. The smallest absolute Gasteiger partial charge is 0.334 e. The molecule has 0 aliphatic carbocycles. The Hall–Kier alpha value is -1.91. The SMILES string of the molecule is CC1CC(CN)CN1C(=O)c1cn(-c2ccc(C(F)(F)F)cn2)nn1.Cl.Cl. The maximum absolute atomic E-state index is 12.6. The average Bonchev–Trinajstić information content (AvgIpc) is 3.20. The minimum absolute atomic E-state index is 0. The maximum atomic E-state index is 12.6. The van der Waals surface area contributed by atoms with Crippen LogP contribution in [0.2, 0.25) is 0 Å². The van der Waals surface area contributed by atoms with Crippen molar-refractivity contribution in [1.29, 1.82) is 0 Å². The van der Waals surface area contributed by atoms with Crippen LogP contribution in [0, 0.1) is 5.92 Å². The predicted molar refractivity (Wildman–Crippen MR) is 96.3 cm³/mol. The summed E-state index contributed by atoms with van der Waals surface area (Å²) in [6.45, 7) is 3.01. The number of alkyl halides is 3. The number of nitrogens with two attached hydrogens (primary N) is 1. The third-order valence-corrected chi connectivity index (χ3v) is 4.28. The first-order valence-corrected chi connectivity index (χ1v) is 7.76. The number of likely N-dealkylation sites (tertiary alicyclic amines) is 1. The molecule has 27 heavy (non-hydrogen) atoms. The van der Waals surface area contributed by atoms with Gasteiger partial charge in [0.05, 0.1) is 11.8 Å². The molecule has 2 aromatic rings. The van der Waals surface area contributed by atoms with Gasteiger partial charge >= 0.3 is 6.18 Å². The number of hydrogen-bond donors (Lipinski definition) is 1. The standard InChI is InChI=1S/C15H17F3N6O.2ClH/c1-9-4-10(5-19)7-23(9)14(25)12-8-24(22-21-12)13-3-2-11(6-20-13)15(16,17)18;;/h2-3,6,8-10H,4-5,7,19H2,1H3;2*1H. The molecular formula is C15H19Cl2F3N6O. The summed E-state index contributed by atoms with van der Waals surface area (Å²) >= 11 is 0. The van der Waals surface area contributed by atoms with Gasteiger partial charge in [0.2, 0.25) is 0 Å². The second kappa shape index (κ2) is 8.85. The maximum Gasteiger partial charge on any atom is 0.417 e. The molecule has 7 nitrogen and oxygen atoms in total. The normalized spacial score (nSPS) is 19.4. The zero-order valence-corrected chi connectivity index (χ0v) is 15.9. The lowest BCUT2D eigenvalue weighted by Crippen LogP contribution is -2.34. The molecule has 2 aromatic heterocycles. The number of halogens is 5. The predicted octanol–water partition coefficient (Wildman–Crippen LogP) is 2.33. The third kappa shape index (κ3) is 4.88. The molecule has 1 saturated heterocycles. The van der Waals surface area contributed by atoms with Gasteiger partial charge in [-0.05, 0) is 37.9 Å². The van der Waals surface area contributed by atoms with Crippen molar-refractivity contribution in [2.24, 2.45) is 11.7 Å². The topological polar surface area (TPSA) is 89.9 Å². The fraction of sp³-hybridized carbons (Fsp3) is 0.467. The van der Waals surface area contributed by atoms with E-state index in [9.17, 15) is 18.0 Å². The largest absolute Gasteiger partial charge is 0.417 e. The van der Waals surface area contributed by atoms with Crippen LogP contribution in [-0.2, 0) is 6.18 Å². The summed E-state index contributed by atoms with van der Waals surface area (Å²) < 4.78 is 38.9. The summed E-state index contributed by atoms with van der Waals surface area (Å²) in [7, 11) is 0. The summed E-state index contributed by atoms with van der Waals surface area (Å²) in [6, 6.07) is 2.13. The third-order valence-electron chi connectivity index (χ3n) is 4.28. The quantitative estimate of drug-likeness (QED) is 0.813. The molecule has 0 bridgehead atoms. The minimum atomic E-state index is -4.46. The average molecular weight is 427 g/mol. The second-order valence-corrected chi connectivity index (χ2v) is 6.10. The number of carbonyl (C=O) groups is 1. The number of aromatic nitrogens is 4. The van der Waals surface area contributed by atoms with Gasteiger partial charge in [-0.2, -0.15) is 13.2 Å². The molecular weight excluding hydrogens is 408 g/mol. The Bertz CT molecular complexity index is 768. The first-order valence-electron chi connectivity index (χ1n) is 7.76. The summed E-state index contributed by atoms with van der Waals surface area (Å²) in [5, 5.41) is 7.61. The van der Waals surface area contributed by atoms with Crippen molar-refractivity contribution in [1.82, 2.24) is 24.9 Å². The molecule has 12 heteroatoms. The molecule has 0 saturated carbocycles. The molecule has 150 valence electrons. The van der Waals surface area contributed by atoms with Crippen LogP contribution in [0.15, 0.2) is 24.5 Å². The van der Waals surface area contributed by atoms with Crippen molar-refractivity contribution in [2.45, 2.75) is 25.6 Å². The summed E-state index contributed by atoms with van der Waals surface area (Å²) in [4.78, 5) is 18.0. The fourth-order valence-corrected chi connectivity index (χ4v) is 2.91. The Balaban J connectivity index is 0.00000182. The highest BCUT2D eigenvalue weighted by atomic mass is 35.5. The molecule has 2 N–H and O–H groups in total. The lowest BCUT2D eigenvalue weighted by molar-refractivity contribution is -0.137. The van der Waals surface area contributed by atoms with Gasteiger partial charge in [-0.3, -0.25) is 4.79 Å². The second-order valence-electron chi connectivity index (χ2n) is 6.10. The zero-order chi connectivity index (χ0) is 18.2. The summed E-state index contributed by atoms with van der Waals surface area (Å²) in [5.41, 5.74) is 4.92. The lowest BCUT2D eigenvalue weighted by atomic mass is 10.1. The van der Waals surface area contributed by atoms with Crippen LogP contribution in [0.25, 0.3) is 5.82 Å². The van der Waals surface area contributed by atoms with Crippen molar-refractivity contribution >= 4 is 30.7 Å². The minimum Gasteiger partial charge on any atom is -0.334 e. The van der Waals surface area contributed by atoms with Crippen LogP contribution in [-0.4, -0.2) is 49.9 Å². The first-order chi connectivity index (χ1) is 11.8. The number of amides is 1. The molecule has 1 amide bonds. The van der Waals surface area contributed by atoms with Gasteiger partial charge in [0.25, 0.3) is 5.91 Å². The van der Waals surface area contributed by atoms with Crippen LogP contribution in [0.1, 0.15) is 29.4 Å². The van der Waals surface area contributed by atoms with Crippen molar-refractivity contribution < 1.29 is 18.0 Å². The van der Waals surface area contributed by atoms with Gasteiger partial charge in [-0.25, -0.2) is 9.67 Å². The van der Waals surface area contributed by atoms with Gasteiger partial charge in [-0.15, -0.1) is 29.9 Å². The van der Waals surface area contributed by atoms with Crippen molar-refractivity contribution in [2.75, 3.05) is 13.1 Å². The van der Waals surface area contributed by atoms with E-state index in [4.69, 9.17) is 5.73 Å². The highest BCUT2D eigenvalue weighted by molar-refractivity contribution is 5.92. The van der Waals surface area contributed by atoms with Crippen LogP contribution in [0.4, 0.5) is 13.2 Å². The Labute approximate surface area is 165 Å². The Kier molecular flexibility index (Phi) is 7.58. The van der Waals surface area contributed by atoms with Crippen LogP contribution >= 0.6 is 24.8 Å². The molecule has 2 unspecified atom stereocenters. The highest BCUT2D eigenvalue weighted by Gasteiger charge is 2.33. The van der Waals surface area contributed by atoms with E-state index < -0.39 is 11.7 Å². The van der Waals surface area contributed by atoms with E-state index in [1.807, 2.05) is 6.92 Å². The van der Waals surface area contributed by atoms with Gasteiger partial charge in [-0.1, -0.05) is 5.21 Å². The molecule has 1 fully saturated rings. The Morgan fingerprint density at radius 1 is 1.33 bits per heavy atom. The summed E-state index contributed by atoms with van der Waals surface area (Å²) in [5.74, 6) is 0.126. The van der Waals surface area contributed by atoms with E-state index in [1.54, 1.807) is 4.90 Å². The zero-order valence-electron chi connectivity index (χ0n) is 14.3. The first kappa shape index (κ1) is 23.1. The Morgan fingerprint density at radius 2 is 2.04 bits per heavy atom. The van der Waals surface area contributed by atoms with Crippen LogP contribution in [0.5, 0.6) is 0 Å². The molecule has 3 heterocycles. The van der Waals surface area contributed by atoms with Gasteiger partial charge in [0.1, 0.15) is 0 Å². The van der Waals surface area contributed by atoms with Gasteiger partial charge in [0.15, 0.2) is 11.5 Å². The van der Waals surface area contributed by atoms with Crippen molar-refractivity contribution in [3.8, 4) is 5.82 Å². The molecule has 3 rings (SSSR count). The number of hydrogen-bond acceptors (Lipinski definition) is 5. The molecule has 2 atom stereocenters. The van der Waals surface area contributed by atoms with E-state index >= 15 is 0 Å². The van der Waals surface area contributed by atoms with E-state index in [0.29, 0.717) is 19.3 Å². The van der Waals surface area contributed by atoms with E-state index in [1.165, 1.54) is 16.9 Å². The number of pyridine rings is 1. The molecule has 0 spiro atoms. The molecule has 0 radical (unpaired) electrons. The Morgan fingerprint density at radius 3 is 2.56 bits per heavy atom. The molecule has 0 aromatic carbocycles. The summed E-state index contributed by atoms with van der Waals surface area (Å²) in [6.07, 6.45) is -1.55. The molecule has 1 aliphatic rings. The van der Waals surface area contributed by atoms with Crippen molar-refractivity contribution in [3.05, 3.63) is 35.8 Å². The number of nitrogens with zero attached hydrogens (tertiary/aromatic N) is 5. The number of rotatable bonds is 3. The van der Waals surface area contributed by atoms with E-state index in [-0.39, 0.29) is 54.2 Å². The van der Waals surface area contributed by atoms with Crippen molar-refractivity contribution in [3.63, 3.8) is 0 Å². The van der Waals surface area contributed by atoms with E-state index in [0.717, 1.165) is 12.5 Å². The molecule has 1 aliphatic heterocycles. The number of carbonyl (C=O) groups excluding carboxylic acids is 1. The van der Waals surface area contributed by atoms with Gasteiger partial charge in [0, 0.05) is 18.8 Å². The van der Waals surface area contributed by atoms with Crippen LogP contribution < -0.4 is 5.73 Å². The van der Waals surface area contributed by atoms with Gasteiger partial charge < -0.3 is 10.6 Å². The fourth-order valence-electron chi connectivity index (χ4n) is 2.91. The lowest BCUT2D eigenvalue weighted by Gasteiger charge is -2.19. The van der Waals surface area contributed by atoms with Crippen LogP contribution in [0.3, 0.4) is 0 Å². The van der Waals surface area contributed by atoms with E-state index in [2.05, 4.69) is 15.3 Å².